The zero-order valence-corrected chi connectivity index (χ0v) is 10.7. The molecule has 0 fully saturated rings. The molecule has 0 saturated carbocycles. The van der Waals surface area contributed by atoms with Gasteiger partial charge in [-0.1, -0.05) is 20.8 Å². The Labute approximate surface area is 93.5 Å². The summed E-state index contributed by atoms with van der Waals surface area (Å²) in [6, 6.07) is 0. The van der Waals surface area contributed by atoms with Crippen LogP contribution < -0.4 is 0 Å². The highest BCUT2D eigenvalue weighted by molar-refractivity contribution is 4.83. The predicted octanol–water partition coefficient (Wildman–Crippen LogP) is 2.10. The molecule has 0 radical (unpaired) electrons. The number of hydrogen-bond acceptors (Lipinski definition) is 3. The largest absolute Gasteiger partial charge is 0.388 e. The van der Waals surface area contributed by atoms with Crippen LogP contribution in [0.1, 0.15) is 53.9 Å². The summed E-state index contributed by atoms with van der Waals surface area (Å²) in [5, 5.41) is 19.9. The normalized spacial score (nSPS) is 18.6. The molecule has 0 spiro atoms. The lowest BCUT2D eigenvalue weighted by atomic mass is 9.91. The van der Waals surface area contributed by atoms with Crippen molar-refractivity contribution in [3.63, 3.8) is 0 Å². The molecule has 0 aromatic heterocycles. The Morgan fingerprint density at radius 1 is 1.07 bits per heavy atom. The maximum atomic E-state index is 10.2. The Morgan fingerprint density at radius 2 is 1.53 bits per heavy atom. The molecule has 2 unspecified atom stereocenters. The fourth-order valence-electron chi connectivity index (χ4n) is 1.39. The molecular formula is C12H26O3. The van der Waals surface area contributed by atoms with Crippen LogP contribution in [0, 0.1) is 0 Å². The van der Waals surface area contributed by atoms with E-state index in [2.05, 4.69) is 0 Å². The van der Waals surface area contributed by atoms with Crippen LogP contribution in [0.25, 0.3) is 0 Å². The average molecular weight is 218 g/mol. The second-order valence-corrected chi connectivity index (χ2v) is 4.61. The molecule has 2 atom stereocenters. The zero-order chi connectivity index (χ0) is 12.1. The molecule has 92 valence electrons. The van der Waals surface area contributed by atoms with E-state index in [-0.39, 0.29) is 12.7 Å². The van der Waals surface area contributed by atoms with Gasteiger partial charge in [-0.15, -0.1) is 0 Å². The van der Waals surface area contributed by atoms with Crippen molar-refractivity contribution in [2.75, 3.05) is 6.61 Å². The van der Waals surface area contributed by atoms with Gasteiger partial charge in [-0.05, 0) is 33.1 Å². The van der Waals surface area contributed by atoms with Crippen molar-refractivity contribution >= 4 is 0 Å². The second kappa shape index (κ2) is 5.83. The topological polar surface area (TPSA) is 49.7 Å². The maximum Gasteiger partial charge on any atom is 0.0900 e. The van der Waals surface area contributed by atoms with Gasteiger partial charge in [-0.25, -0.2) is 0 Å². The third-order valence-corrected chi connectivity index (χ3v) is 3.39. The van der Waals surface area contributed by atoms with Gasteiger partial charge in [0.25, 0.3) is 0 Å². The summed E-state index contributed by atoms with van der Waals surface area (Å²) in [7, 11) is 0. The van der Waals surface area contributed by atoms with Gasteiger partial charge in [0.1, 0.15) is 0 Å². The van der Waals surface area contributed by atoms with Gasteiger partial charge in [-0.2, -0.15) is 0 Å². The van der Waals surface area contributed by atoms with Crippen LogP contribution in [0.4, 0.5) is 0 Å². The van der Waals surface area contributed by atoms with Crippen molar-refractivity contribution in [2.24, 2.45) is 0 Å². The Bertz CT molecular complexity index is 174. The van der Waals surface area contributed by atoms with Gasteiger partial charge in [0.05, 0.1) is 23.9 Å². The first-order chi connectivity index (χ1) is 6.81. The third-order valence-electron chi connectivity index (χ3n) is 3.39. The van der Waals surface area contributed by atoms with E-state index in [1.54, 1.807) is 6.92 Å². The van der Waals surface area contributed by atoms with Gasteiger partial charge in [0.2, 0.25) is 0 Å². The Hall–Kier alpha value is -0.120. The molecule has 0 rings (SSSR count). The molecule has 0 aliphatic carbocycles. The second-order valence-electron chi connectivity index (χ2n) is 4.61. The monoisotopic (exact) mass is 218 g/mol. The number of aliphatic hydroxyl groups is 2. The summed E-state index contributed by atoms with van der Waals surface area (Å²) in [6.07, 6.45) is 1.74. The lowest BCUT2D eigenvalue weighted by Gasteiger charge is -2.34. The van der Waals surface area contributed by atoms with Crippen molar-refractivity contribution in [2.45, 2.75) is 71.2 Å². The standard InChI is InChI=1S/C12H26O3/c1-6-11(5,13)9-15-10(4)12(14,7-2)8-3/h10,13-14H,6-9H2,1-5H3. The molecule has 0 saturated heterocycles. The molecule has 3 heteroatoms. The van der Waals surface area contributed by atoms with Crippen molar-refractivity contribution in [3.05, 3.63) is 0 Å². The van der Waals surface area contributed by atoms with Crippen LogP contribution in [0.2, 0.25) is 0 Å². The molecule has 0 aliphatic heterocycles. The van der Waals surface area contributed by atoms with Gasteiger partial charge in [0, 0.05) is 0 Å². The van der Waals surface area contributed by atoms with E-state index in [9.17, 15) is 10.2 Å². The maximum absolute atomic E-state index is 10.2. The Kier molecular flexibility index (Phi) is 5.78. The first kappa shape index (κ1) is 14.9. The first-order valence-electron chi connectivity index (χ1n) is 5.87. The highest BCUT2D eigenvalue weighted by Gasteiger charge is 2.32. The fraction of sp³-hybridized carbons (Fsp3) is 1.00. The first-order valence-corrected chi connectivity index (χ1v) is 5.87. The van der Waals surface area contributed by atoms with Crippen LogP contribution in [-0.2, 0) is 4.74 Å². The van der Waals surface area contributed by atoms with Crippen LogP contribution >= 0.6 is 0 Å². The lowest BCUT2D eigenvalue weighted by Crippen LogP contribution is -2.43. The Morgan fingerprint density at radius 3 is 1.87 bits per heavy atom. The molecule has 0 aliphatic rings. The van der Waals surface area contributed by atoms with Crippen molar-refractivity contribution in [1.82, 2.24) is 0 Å². The minimum absolute atomic E-state index is 0.245. The SMILES string of the molecule is CCC(C)(O)COC(C)C(O)(CC)CC. The highest BCUT2D eigenvalue weighted by atomic mass is 16.5. The third kappa shape index (κ3) is 4.49. The van der Waals surface area contributed by atoms with E-state index in [0.29, 0.717) is 19.3 Å². The van der Waals surface area contributed by atoms with Gasteiger partial charge < -0.3 is 14.9 Å². The van der Waals surface area contributed by atoms with E-state index in [4.69, 9.17) is 4.74 Å². The fourth-order valence-corrected chi connectivity index (χ4v) is 1.39. The summed E-state index contributed by atoms with van der Waals surface area (Å²) in [5.41, 5.74) is -1.57. The van der Waals surface area contributed by atoms with Crippen LogP contribution in [0.3, 0.4) is 0 Å². The molecule has 15 heavy (non-hydrogen) atoms. The van der Waals surface area contributed by atoms with Crippen molar-refractivity contribution in [1.29, 1.82) is 0 Å². The molecule has 0 heterocycles. The molecule has 0 aromatic rings. The molecule has 2 N–H and O–H groups in total. The smallest absolute Gasteiger partial charge is 0.0900 e. The van der Waals surface area contributed by atoms with E-state index < -0.39 is 11.2 Å². The summed E-state index contributed by atoms with van der Waals surface area (Å²) in [6.45, 7) is 9.69. The minimum atomic E-state index is -0.795. The van der Waals surface area contributed by atoms with Crippen molar-refractivity contribution < 1.29 is 14.9 Å². The van der Waals surface area contributed by atoms with E-state index in [0.717, 1.165) is 0 Å². The summed E-state index contributed by atoms with van der Waals surface area (Å²) < 4.78 is 5.54. The van der Waals surface area contributed by atoms with E-state index >= 15 is 0 Å². The van der Waals surface area contributed by atoms with E-state index in [1.807, 2.05) is 27.7 Å². The average Bonchev–Trinajstić information content (AvgIpc) is 2.24. The molecule has 3 nitrogen and oxygen atoms in total. The number of ether oxygens (including phenoxy) is 1. The van der Waals surface area contributed by atoms with Gasteiger partial charge in [-0.3, -0.25) is 0 Å². The van der Waals surface area contributed by atoms with E-state index in [1.165, 1.54) is 0 Å². The molecule has 0 aromatic carbocycles. The van der Waals surface area contributed by atoms with Gasteiger partial charge in [0.15, 0.2) is 0 Å². The predicted molar refractivity (Wildman–Crippen MR) is 61.9 cm³/mol. The lowest BCUT2D eigenvalue weighted by molar-refractivity contribution is -0.137. The van der Waals surface area contributed by atoms with Crippen LogP contribution in [0.5, 0.6) is 0 Å². The highest BCUT2D eigenvalue weighted by Crippen LogP contribution is 2.23. The van der Waals surface area contributed by atoms with Crippen molar-refractivity contribution in [3.8, 4) is 0 Å². The Balaban J connectivity index is 4.19. The minimum Gasteiger partial charge on any atom is -0.388 e. The number of rotatable bonds is 7. The van der Waals surface area contributed by atoms with Gasteiger partial charge >= 0.3 is 0 Å². The van der Waals surface area contributed by atoms with Crippen LogP contribution in [-0.4, -0.2) is 34.1 Å². The molecular weight excluding hydrogens is 192 g/mol. The quantitative estimate of drug-likeness (QED) is 0.688. The summed E-state index contributed by atoms with van der Waals surface area (Å²) in [5.74, 6) is 0. The molecule has 0 amide bonds. The summed E-state index contributed by atoms with van der Waals surface area (Å²) in [4.78, 5) is 0. The molecule has 0 bridgehead atoms. The zero-order valence-electron chi connectivity index (χ0n) is 10.7. The van der Waals surface area contributed by atoms with Crippen LogP contribution in [0.15, 0.2) is 0 Å². The number of hydrogen-bond donors (Lipinski definition) is 2. The summed E-state index contributed by atoms with van der Waals surface area (Å²) >= 11 is 0.